The third kappa shape index (κ3) is 4.70. The molecule has 1 aromatic heterocycles. The van der Waals surface area contributed by atoms with Gasteiger partial charge in [0.15, 0.2) is 0 Å². The Morgan fingerprint density at radius 2 is 1.56 bits per heavy atom. The number of rotatable bonds is 5. The number of hydrogen-bond acceptors (Lipinski definition) is 5. The van der Waals surface area contributed by atoms with E-state index < -0.39 is 0 Å². The monoisotopic (exact) mass is 361 g/mol. The molecule has 0 spiro atoms. The van der Waals surface area contributed by atoms with Gasteiger partial charge in [-0.1, -0.05) is 17.7 Å². The molecule has 0 aliphatic carbocycles. The molecule has 2 N–H and O–H groups in total. The van der Waals surface area contributed by atoms with E-state index in [0.717, 1.165) is 11.3 Å². The molecule has 136 valence electrons. The zero-order chi connectivity index (χ0) is 19.2. The fourth-order valence-electron chi connectivity index (χ4n) is 2.44. The summed E-state index contributed by atoms with van der Waals surface area (Å²) in [6.45, 7) is 1.99. The van der Waals surface area contributed by atoms with Crippen molar-refractivity contribution in [3.05, 3.63) is 83.7 Å². The van der Waals surface area contributed by atoms with Crippen molar-refractivity contribution in [2.75, 3.05) is 17.7 Å². The number of amides is 1. The van der Waals surface area contributed by atoms with Crippen molar-refractivity contribution in [2.45, 2.75) is 6.92 Å². The first-order chi connectivity index (χ1) is 13.0. The standard InChI is InChI=1S/C21H19N3O3/c1-14-3-7-17(8-4-14)24-20(25)19-13-18(11-12-22-19)23-16-9-5-15(6-10-16)21(26)27-2/h3-13H,1-2H3,(H,22,23)(H,24,25). The first kappa shape index (κ1) is 18.1. The van der Waals surface area contributed by atoms with E-state index in [-0.39, 0.29) is 11.9 Å². The third-order valence-electron chi connectivity index (χ3n) is 3.90. The van der Waals surface area contributed by atoms with Crippen LogP contribution in [0.3, 0.4) is 0 Å². The maximum atomic E-state index is 12.4. The number of hydrogen-bond donors (Lipinski definition) is 2. The van der Waals surface area contributed by atoms with Crippen LogP contribution in [0.4, 0.5) is 17.1 Å². The predicted molar refractivity (Wildman–Crippen MR) is 104 cm³/mol. The molecule has 0 saturated carbocycles. The van der Waals surface area contributed by atoms with Crippen LogP contribution >= 0.6 is 0 Å². The van der Waals surface area contributed by atoms with Gasteiger partial charge in [0.25, 0.3) is 5.91 Å². The number of carbonyl (C=O) groups excluding carboxylic acids is 2. The lowest BCUT2D eigenvalue weighted by Crippen LogP contribution is -2.13. The van der Waals surface area contributed by atoms with Gasteiger partial charge in [-0.3, -0.25) is 9.78 Å². The maximum Gasteiger partial charge on any atom is 0.337 e. The SMILES string of the molecule is COC(=O)c1ccc(Nc2ccnc(C(=O)Nc3ccc(C)cc3)c2)cc1. The number of esters is 1. The Morgan fingerprint density at radius 3 is 2.22 bits per heavy atom. The average molecular weight is 361 g/mol. The molecule has 1 heterocycles. The second-order valence-corrected chi connectivity index (χ2v) is 5.94. The van der Waals surface area contributed by atoms with Gasteiger partial charge in [0.1, 0.15) is 5.69 Å². The normalized spacial score (nSPS) is 10.1. The van der Waals surface area contributed by atoms with Crippen molar-refractivity contribution < 1.29 is 14.3 Å². The molecule has 6 nitrogen and oxygen atoms in total. The number of aryl methyl sites for hydroxylation is 1. The summed E-state index contributed by atoms with van der Waals surface area (Å²) in [5.41, 5.74) is 4.09. The van der Waals surface area contributed by atoms with E-state index in [1.807, 2.05) is 31.2 Å². The lowest BCUT2D eigenvalue weighted by atomic mass is 10.2. The van der Waals surface area contributed by atoms with Crippen LogP contribution in [0, 0.1) is 6.92 Å². The molecule has 1 amide bonds. The van der Waals surface area contributed by atoms with Crippen LogP contribution in [0.15, 0.2) is 66.9 Å². The number of nitrogens with zero attached hydrogens (tertiary/aromatic N) is 1. The highest BCUT2D eigenvalue weighted by atomic mass is 16.5. The highest BCUT2D eigenvalue weighted by Gasteiger charge is 2.09. The average Bonchev–Trinajstić information content (AvgIpc) is 2.70. The molecule has 2 aromatic carbocycles. The largest absolute Gasteiger partial charge is 0.465 e. The molecule has 0 saturated heterocycles. The summed E-state index contributed by atoms with van der Waals surface area (Å²) in [7, 11) is 1.34. The molecule has 0 unspecified atom stereocenters. The molecular formula is C21H19N3O3. The Balaban J connectivity index is 1.70. The van der Waals surface area contributed by atoms with Gasteiger partial charge in [0.2, 0.25) is 0 Å². The minimum Gasteiger partial charge on any atom is -0.465 e. The van der Waals surface area contributed by atoms with E-state index in [9.17, 15) is 9.59 Å². The van der Waals surface area contributed by atoms with Crippen molar-refractivity contribution in [3.63, 3.8) is 0 Å². The third-order valence-corrected chi connectivity index (χ3v) is 3.90. The Bertz CT molecular complexity index is 951. The fraction of sp³-hybridized carbons (Fsp3) is 0.0952. The van der Waals surface area contributed by atoms with Gasteiger partial charge < -0.3 is 15.4 Å². The summed E-state index contributed by atoms with van der Waals surface area (Å²) in [6.07, 6.45) is 1.56. The molecule has 0 atom stereocenters. The maximum absolute atomic E-state index is 12.4. The number of ether oxygens (including phenoxy) is 1. The van der Waals surface area contributed by atoms with Crippen LogP contribution in [0.2, 0.25) is 0 Å². The fourth-order valence-corrected chi connectivity index (χ4v) is 2.44. The quantitative estimate of drug-likeness (QED) is 0.667. The molecule has 0 bridgehead atoms. The Kier molecular flexibility index (Phi) is 5.47. The van der Waals surface area contributed by atoms with Crippen LogP contribution in [-0.2, 0) is 4.74 Å². The summed E-state index contributed by atoms with van der Waals surface area (Å²) in [4.78, 5) is 28.0. The van der Waals surface area contributed by atoms with Crippen molar-refractivity contribution in [1.29, 1.82) is 0 Å². The van der Waals surface area contributed by atoms with Crippen LogP contribution in [0.25, 0.3) is 0 Å². The molecule has 0 radical (unpaired) electrons. The summed E-state index contributed by atoms with van der Waals surface area (Å²) >= 11 is 0. The second-order valence-electron chi connectivity index (χ2n) is 5.94. The molecule has 0 fully saturated rings. The zero-order valence-electron chi connectivity index (χ0n) is 15.0. The number of aromatic nitrogens is 1. The molecular weight excluding hydrogens is 342 g/mol. The second kappa shape index (κ2) is 8.14. The van der Waals surface area contributed by atoms with Crippen molar-refractivity contribution in [2.24, 2.45) is 0 Å². The van der Waals surface area contributed by atoms with Gasteiger partial charge in [-0.2, -0.15) is 0 Å². The van der Waals surface area contributed by atoms with Crippen LogP contribution in [-0.4, -0.2) is 24.0 Å². The van der Waals surface area contributed by atoms with Gasteiger partial charge >= 0.3 is 5.97 Å². The number of benzene rings is 2. The first-order valence-electron chi connectivity index (χ1n) is 8.34. The number of methoxy groups -OCH3 is 1. The highest BCUT2D eigenvalue weighted by molar-refractivity contribution is 6.03. The molecule has 0 aliphatic heterocycles. The molecule has 0 aliphatic rings. The topological polar surface area (TPSA) is 80.3 Å². The number of carbonyl (C=O) groups is 2. The van der Waals surface area contributed by atoms with Gasteiger partial charge in [0.05, 0.1) is 12.7 Å². The van der Waals surface area contributed by atoms with Crippen LogP contribution in [0.5, 0.6) is 0 Å². The van der Waals surface area contributed by atoms with Crippen LogP contribution in [0.1, 0.15) is 26.4 Å². The summed E-state index contributed by atoms with van der Waals surface area (Å²) < 4.78 is 4.68. The summed E-state index contributed by atoms with van der Waals surface area (Å²) in [5.74, 6) is -0.677. The lowest BCUT2D eigenvalue weighted by Gasteiger charge is -2.09. The molecule has 3 rings (SSSR count). The molecule has 27 heavy (non-hydrogen) atoms. The Morgan fingerprint density at radius 1 is 0.889 bits per heavy atom. The van der Waals surface area contributed by atoms with E-state index >= 15 is 0 Å². The molecule has 6 heteroatoms. The van der Waals surface area contributed by atoms with Crippen molar-refractivity contribution in [1.82, 2.24) is 4.98 Å². The van der Waals surface area contributed by atoms with E-state index in [1.54, 1.807) is 42.6 Å². The highest BCUT2D eigenvalue weighted by Crippen LogP contribution is 2.18. The molecule has 3 aromatic rings. The minimum atomic E-state index is -0.388. The van der Waals surface area contributed by atoms with Gasteiger partial charge in [-0.25, -0.2) is 4.79 Å². The zero-order valence-corrected chi connectivity index (χ0v) is 15.0. The smallest absolute Gasteiger partial charge is 0.337 e. The van der Waals surface area contributed by atoms with Crippen LogP contribution < -0.4 is 10.6 Å². The predicted octanol–water partition coefficient (Wildman–Crippen LogP) is 4.17. The Hall–Kier alpha value is -3.67. The van der Waals surface area contributed by atoms with E-state index in [4.69, 9.17) is 0 Å². The van der Waals surface area contributed by atoms with Crippen molar-refractivity contribution in [3.8, 4) is 0 Å². The van der Waals surface area contributed by atoms with Gasteiger partial charge in [-0.15, -0.1) is 0 Å². The van der Waals surface area contributed by atoms with E-state index in [0.29, 0.717) is 22.6 Å². The van der Waals surface area contributed by atoms with E-state index in [1.165, 1.54) is 7.11 Å². The number of nitrogens with one attached hydrogen (secondary N) is 2. The van der Waals surface area contributed by atoms with Gasteiger partial charge in [0, 0.05) is 23.3 Å². The summed E-state index contributed by atoms with van der Waals surface area (Å²) in [6, 6.07) is 17.8. The van der Waals surface area contributed by atoms with Gasteiger partial charge in [-0.05, 0) is 55.5 Å². The number of pyridine rings is 1. The minimum absolute atomic E-state index is 0.288. The Labute approximate surface area is 157 Å². The van der Waals surface area contributed by atoms with E-state index in [2.05, 4.69) is 20.4 Å². The first-order valence-corrected chi connectivity index (χ1v) is 8.34. The lowest BCUT2D eigenvalue weighted by molar-refractivity contribution is 0.0600. The summed E-state index contributed by atoms with van der Waals surface area (Å²) in [5, 5.41) is 6.00. The van der Waals surface area contributed by atoms with Crippen molar-refractivity contribution >= 4 is 28.9 Å². The number of anilines is 3.